The first-order valence-corrected chi connectivity index (χ1v) is 8.80. The predicted octanol–water partition coefficient (Wildman–Crippen LogP) is 2.80. The van der Waals surface area contributed by atoms with Crippen LogP contribution >= 0.6 is 0 Å². The molecule has 2 saturated heterocycles. The van der Waals surface area contributed by atoms with E-state index in [-0.39, 0.29) is 0 Å². The predicted molar refractivity (Wildman–Crippen MR) is 83.0 cm³/mol. The number of rotatable bonds is 4. The fourth-order valence-electron chi connectivity index (χ4n) is 4.68. The van der Waals surface area contributed by atoms with Gasteiger partial charge in [0.05, 0.1) is 6.61 Å². The second kappa shape index (κ2) is 5.94. The summed E-state index contributed by atoms with van der Waals surface area (Å²) in [6, 6.07) is 0. The molecule has 1 atom stereocenters. The van der Waals surface area contributed by atoms with Gasteiger partial charge in [-0.25, -0.2) is 0 Å². The lowest BCUT2D eigenvalue weighted by Crippen LogP contribution is -2.69. The van der Waals surface area contributed by atoms with Crippen LogP contribution in [0, 0.1) is 5.92 Å². The van der Waals surface area contributed by atoms with Crippen molar-refractivity contribution in [2.24, 2.45) is 5.92 Å². The van der Waals surface area contributed by atoms with Gasteiger partial charge >= 0.3 is 0 Å². The summed E-state index contributed by atoms with van der Waals surface area (Å²) in [6.45, 7) is 10.4. The zero-order chi connectivity index (χ0) is 14.1. The first kappa shape index (κ1) is 14.8. The molecule has 0 amide bonds. The Morgan fingerprint density at radius 1 is 1.20 bits per heavy atom. The van der Waals surface area contributed by atoms with Gasteiger partial charge in [-0.15, -0.1) is 0 Å². The van der Waals surface area contributed by atoms with Crippen molar-refractivity contribution in [3.05, 3.63) is 0 Å². The smallest absolute Gasteiger partial charge is 0.0507 e. The van der Waals surface area contributed by atoms with Crippen LogP contribution in [0.15, 0.2) is 0 Å². The Morgan fingerprint density at radius 2 is 1.95 bits per heavy atom. The van der Waals surface area contributed by atoms with Crippen molar-refractivity contribution in [3.63, 3.8) is 0 Å². The Morgan fingerprint density at radius 3 is 2.55 bits per heavy atom. The average Bonchev–Trinajstić information content (AvgIpc) is 3.13. The topological polar surface area (TPSA) is 24.5 Å². The summed E-state index contributed by atoms with van der Waals surface area (Å²) in [5.41, 5.74) is 0.823. The number of hydrogen-bond acceptors (Lipinski definition) is 3. The molecule has 0 aromatic carbocycles. The zero-order valence-electron chi connectivity index (χ0n) is 13.4. The molecule has 0 aromatic heterocycles. The van der Waals surface area contributed by atoms with E-state index < -0.39 is 0 Å². The van der Waals surface area contributed by atoms with Crippen molar-refractivity contribution < 1.29 is 4.74 Å². The van der Waals surface area contributed by atoms with Gasteiger partial charge < -0.3 is 10.1 Å². The quantitative estimate of drug-likeness (QED) is 0.857. The Bertz CT molecular complexity index is 315. The van der Waals surface area contributed by atoms with Gasteiger partial charge in [0.25, 0.3) is 0 Å². The zero-order valence-corrected chi connectivity index (χ0v) is 13.4. The molecule has 116 valence electrons. The van der Waals surface area contributed by atoms with E-state index in [1.165, 1.54) is 64.6 Å². The molecule has 1 aliphatic carbocycles. The molecule has 1 N–H and O–H groups in total. The van der Waals surface area contributed by atoms with Gasteiger partial charge in [0.1, 0.15) is 0 Å². The molecule has 2 aliphatic heterocycles. The third-order valence-corrected chi connectivity index (χ3v) is 6.34. The third kappa shape index (κ3) is 2.65. The molecule has 3 heteroatoms. The molecule has 2 heterocycles. The third-order valence-electron chi connectivity index (χ3n) is 6.34. The summed E-state index contributed by atoms with van der Waals surface area (Å²) in [7, 11) is 0. The second-order valence-corrected chi connectivity index (χ2v) is 7.38. The number of ether oxygens (including phenoxy) is 1. The van der Waals surface area contributed by atoms with Gasteiger partial charge in [0.15, 0.2) is 0 Å². The molecular weight excluding hydrogens is 248 g/mol. The van der Waals surface area contributed by atoms with Crippen molar-refractivity contribution in [2.45, 2.75) is 69.9 Å². The van der Waals surface area contributed by atoms with E-state index in [2.05, 4.69) is 24.1 Å². The van der Waals surface area contributed by atoms with Crippen molar-refractivity contribution in [1.29, 1.82) is 0 Å². The molecular formula is C17H32N2O. The minimum atomic E-state index is 0.385. The summed E-state index contributed by atoms with van der Waals surface area (Å²) in [5, 5.41) is 3.97. The van der Waals surface area contributed by atoms with Gasteiger partial charge in [0, 0.05) is 37.3 Å². The Kier molecular flexibility index (Phi) is 4.40. The van der Waals surface area contributed by atoms with Gasteiger partial charge in [-0.3, -0.25) is 4.90 Å². The van der Waals surface area contributed by atoms with Crippen LogP contribution in [0.25, 0.3) is 0 Å². The van der Waals surface area contributed by atoms with Crippen LogP contribution in [-0.4, -0.2) is 48.8 Å². The SMILES string of the molecule is CCC1(CC)CNC2(CCCC2)CN1CC1CCOC1. The molecule has 3 rings (SSSR count). The van der Waals surface area contributed by atoms with Crippen LogP contribution in [0.4, 0.5) is 0 Å². The standard InChI is InChI=1S/C17H32N2O/c1-3-17(4-2)13-18-16(8-5-6-9-16)14-19(17)11-15-7-10-20-12-15/h15,18H,3-14H2,1-2H3. The van der Waals surface area contributed by atoms with E-state index in [0.717, 1.165) is 19.1 Å². The van der Waals surface area contributed by atoms with Crippen LogP contribution in [0.2, 0.25) is 0 Å². The van der Waals surface area contributed by atoms with E-state index in [9.17, 15) is 0 Å². The fourth-order valence-corrected chi connectivity index (χ4v) is 4.68. The number of piperazine rings is 1. The lowest BCUT2D eigenvalue weighted by atomic mass is 9.81. The first-order chi connectivity index (χ1) is 9.72. The highest BCUT2D eigenvalue weighted by Gasteiger charge is 2.47. The van der Waals surface area contributed by atoms with Gasteiger partial charge in [-0.1, -0.05) is 26.7 Å². The van der Waals surface area contributed by atoms with E-state index in [0.29, 0.717) is 11.1 Å². The highest BCUT2D eigenvalue weighted by molar-refractivity contribution is 5.06. The summed E-state index contributed by atoms with van der Waals surface area (Å²) in [4.78, 5) is 2.86. The number of hydrogen-bond donors (Lipinski definition) is 1. The van der Waals surface area contributed by atoms with Crippen LogP contribution in [0.1, 0.15) is 58.8 Å². The first-order valence-electron chi connectivity index (χ1n) is 8.80. The monoisotopic (exact) mass is 280 g/mol. The minimum Gasteiger partial charge on any atom is -0.381 e. The largest absolute Gasteiger partial charge is 0.381 e. The lowest BCUT2D eigenvalue weighted by molar-refractivity contribution is -0.0115. The summed E-state index contributed by atoms with van der Waals surface area (Å²) in [6.07, 6.45) is 9.39. The average molecular weight is 280 g/mol. The number of nitrogens with one attached hydrogen (secondary N) is 1. The summed E-state index contributed by atoms with van der Waals surface area (Å²) < 4.78 is 5.61. The summed E-state index contributed by atoms with van der Waals surface area (Å²) >= 11 is 0. The Balaban J connectivity index is 1.74. The van der Waals surface area contributed by atoms with E-state index in [1.807, 2.05) is 0 Å². The number of nitrogens with zero attached hydrogens (tertiary/aromatic N) is 1. The highest BCUT2D eigenvalue weighted by Crippen LogP contribution is 2.38. The molecule has 3 fully saturated rings. The molecule has 0 radical (unpaired) electrons. The fraction of sp³-hybridized carbons (Fsp3) is 1.00. The van der Waals surface area contributed by atoms with Crippen LogP contribution in [0.3, 0.4) is 0 Å². The molecule has 3 nitrogen and oxygen atoms in total. The Labute approximate surface area is 124 Å². The van der Waals surface area contributed by atoms with E-state index in [1.54, 1.807) is 0 Å². The van der Waals surface area contributed by atoms with Crippen molar-refractivity contribution in [3.8, 4) is 0 Å². The van der Waals surface area contributed by atoms with Crippen molar-refractivity contribution in [2.75, 3.05) is 32.8 Å². The second-order valence-electron chi connectivity index (χ2n) is 7.38. The van der Waals surface area contributed by atoms with E-state index >= 15 is 0 Å². The normalized spacial score (nSPS) is 33.0. The molecule has 3 aliphatic rings. The Hall–Kier alpha value is -0.120. The molecule has 0 aromatic rings. The summed E-state index contributed by atoms with van der Waals surface area (Å²) in [5.74, 6) is 0.768. The van der Waals surface area contributed by atoms with E-state index in [4.69, 9.17) is 4.74 Å². The molecule has 1 saturated carbocycles. The molecule has 0 bridgehead atoms. The molecule has 20 heavy (non-hydrogen) atoms. The molecule has 1 unspecified atom stereocenters. The minimum absolute atomic E-state index is 0.385. The van der Waals surface area contributed by atoms with Crippen LogP contribution < -0.4 is 5.32 Å². The van der Waals surface area contributed by atoms with Crippen molar-refractivity contribution in [1.82, 2.24) is 10.2 Å². The lowest BCUT2D eigenvalue weighted by Gasteiger charge is -2.54. The van der Waals surface area contributed by atoms with Crippen molar-refractivity contribution >= 4 is 0 Å². The van der Waals surface area contributed by atoms with Gasteiger partial charge in [-0.05, 0) is 38.0 Å². The maximum Gasteiger partial charge on any atom is 0.0507 e. The van der Waals surface area contributed by atoms with Crippen LogP contribution in [0.5, 0.6) is 0 Å². The van der Waals surface area contributed by atoms with Gasteiger partial charge in [0.2, 0.25) is 0 Å². The maximum atomic E-state index is 5.61. The van der Waals surface area contributed by atoms with Crippen LogP contribution in [-0.2, 0) is 4.74 Å². The van der Waals surface area contributed by atoms with Gasteiger partial charge in [-0.2, -0.15) is 0 Å². The highest BCUT2D eigenvalue weighted by atomic mass is 16.5. The molecule has 1 spiro atoms. The maximum absolute atomic E-state index is 5.61.